The van der Waals surface area contributed by atoms with Crippen LogP contribution < -0.4 is 16.4 Å². The summed E-state index contributed by atoms with van der Waals surface area (Å²) in [5, 5.41) is 22.6. The van der Waals surface area contributed by atoms with Crippen LogP contribution >= 0.6 is 0 Å². The molecule has 0 aromatic carbocycles. The average molecular weight is 345 g/mol. The number of nitrogens with one attached hydrogen (secondary N) is 2. The SMILES string of the molecule is CC(C)[C@H](N)C(=O)N[C@@H](CCC(=O)O)C(=O)N[C@H](C(=O)O)C(C)C. The molecule has 0 aliphatic carbocycles. The van der Waals surface area contributed by atoms with Crippen LogP contribution in [-0.2, 0) is 19.2 Å². The number of carboxylic acid groups (broad SMARTS) is 2. The summed E-state index contributed by atoms with van der Waals surface area (Å²) in [4.78, 5) is 46.2. The van der Waals surface area contributed by atoms with Gasteiger partial charge in [0.05, 0.1) is 6.04 Å². The number of nitrogens with two attached hydrogens (primary N) is 1. The van der Waals surface area contributed by atoms with Crippen molar-refractivity contribution in [1.29, 1.82) is 0 Å². The maximum atomic E-state index is 12.3. The number of carbonyl (C=O) groups is 4. The van der Waals surface area contributed by atoms with Gasteiger partial charge >= 0.3 is 11.9 Å². The zero-order valence-corrected chi connectivity index (χ0v) is 14.4. The Kier molecular flexibility index (Phi) is 8.97. The molecule has 0 unspecified atom stereocenters. The topological polar surface area (TPSA) is 159 Å². The fourth-order valence-electron chi connectivity index (χ4n) is 1.87. The number of aliphatic carboxylic acids is 2. The third-order valence-electron chi connectivity index (χ3n) is 3.53. The molecule has 0 fully saturated rings. The predicted octanol–water partition coefficient (Wildman–Crippen LogP) is -0.455. The van der Waals surface area contributed by atoms with Crippen molar-refractivity contribution in [2.75, 3.05) is 0 Å². The van der Waals surface area contributed by atoms with E-state index in [2.05, 4.69) is 10.6 Å². The van der Waals surface area contributed by atoms with Crippen LogP contribution in [0.4, 0.5) is 0 Å². The Bertz CT molecular complexity index is 478. The standard InChI is InChI=1S/C15H27N3O6/c1-7(2)11(16)14(22)17-9(5-6-10(19)20)13(21)18-12(8(3)4)15(23)24/h7-9,11-12H,5-6,16H2,1-4H3,(H,17,22)(H,18,21)(H,19,20)(H,23,24)/t9-,11-,12-/m0/s1. The molecular formula is C15H27N3O6. The highest BCUT2D eigenvalue weighted by Crippen LogP contribution is 2.06. The van der Waals surface area contributed by atoms with E-state index >= 15 is 0 Å². The molecule has 0 aliphatic heterocycles. The summed E-state index contributed by atoms with van der Waals surface area (Å²) in [5.74, 6) is -4.22. The molecule has 6 N–H and O–H groups in total. The van der Waals surface area contributed by atoms with Crippen LogP contribution in [0, 0.1) is 11.8 Å². The summed E-state index contributed by atoms with van der Waals surface area (Å²) >= 11 is 0. The van der Waals surface area contributed by atoms with Gasteiger partial charge in [0.25, 0.3) is 0 Å². The minimum Gasteiger partial charge on any atom is -0.481 e. The Morgan fingerprint density at radius 3 is 1.83 bits per heavy atom. The normalized spacial score (nSPS) is 14.8. The van der Waals surface area contributed by atoms with Crippen LogP contribution in [-0.4, -0.2) is 52.1 Å². The van der Waals surface area contributed by atoms with Gasteiger partial charge in [0, 0.05) is 6.42 Å². The van der Waals surface area contributed by atoms with Crippen molar-refractivity contribution in [3.63, 3.8) is 0 Å². The molecule has 3 atom stereocenters. The van der Waals surface area contributed by atoms with Gasteiger partial charge in [-0.3, -0.25) is 14.4 Å². The molecule has 9 nitrogen and oxygen atoms in total. The molecule has 2 amide bonds. The first kappa shape index (κ1) is 21.8. The number of rotatable bonds is 10. The molecule has 0 saturated carbocycles. The van der Waals surface area contributed by atoms with Gasteiger partial charge in [-0.05, 0) is 18.3 Å². The van der Waals surface area contributed by atoms with E-state index in [1.165, 1.54) is 0 Å². The number of hydrogen-bond acceptors (Lipinski definition) is 5. The summed E-state index contributed by atoms with van der Waals surface area (Å²) in [6.07, 6.45) is -0.517. The van der Waals surface area contributed by atoms with E-state index in [0.717, 1.165) is 0 Å². The van der Waals surface area contributed by atoms with E-state index in [0.29, 0.717) is 0 Å². The number of hydrogen-bond donors (Lipinski definition) is 5. The van der Waals surface area contributed by atoms with Crippen LogP contribution in [0.1, 0.15) is 40.5 Å². The molecule has 0 saturated heterocycles. The van der Waals surface area contributed by atoms with Crippen LogP contribution in [0.3, 0.4) is 0 Å². The van der Waals surface area contributed by atoms with Crippen molar-refractivity contribution >= 4 is 23.8 Å². The zero-order chi connectivity index (χ0) is 19.0. The number of carbonyl (C=O) groups excluding carboxylic acids is 2. The first-order valence-corrected chi connectivity index (χ1v) is 7.78. The van der Waals surface area contributed by atoms with Crippen LogP contribution in [0.25, 0.3) is 0 Å². The molecule has 0 rings (SSSR count). The number of carboxylic acids is 2. The maximum absolute atomic E-state index is 12.3. The third kappa shape index (κ3) is 7.40. The molecule has 9 heteroatoms. The molecule has 0 aromatic rings. The summed E-state index contributed by atoms with van der Waals surface area (Å²) in [6, 6.07) is -3.16. The molecule has 0 spiro atoms. The van der Waals surface area contributed by atoms with Crippen molar-refractivity contribution in [1.82, 2.24) is 10.6 Å². The molecule has 0 radical (unpaired) electrons. The van der Waals surface area contributed by atoms with E-state index in [9.17, 15) is 19.2 Å². The van der Waals surface area contributed by atoms with Crippen molar-refractivity contribution in [2.45, 2.75) is 58.7 Å². The maximum Gasteiger partial charge on any atom is 0.326 e. The van der Waals surface area contributed by atoms with E-state index in [-0.39, 0.29) is 24.7 Å². The lowest BCUT2D eigenvalue weighted by atomic mass is 10.0. The Hall–Kier alpha value is -2.16. The van der Waals surface area contributed by atoms with Crippen molar-refractivity contribution in [3.05, 3.63) is 0 Å². The van der Waals surface area contributed by atoms with Gasteiger partial charge in [-0.15, -0.1) is 0 Å². The summed E-state index contributed by atoms with van der Waals surface area (Å²) in [5.41, 5.74) is 5.71. The smallest absolute Gasteiger partial charge is 0.326 e. The molecule has 24 heavy (non-hydrogen) atoms. The summed E-state index contributed by atoms with van der Waals surface area (Å²) in [7, 11) is 0. The average Bonchev–Trinajstić information content (AvgIpc) is 2.46. The van der Waals surface area contributed by atoms with Crippen LogP contribution in [0.15, 0.2) is 0 Å². The Morgan fingerprint density at radius 2 is 1.46 bits per heavy atom. The highest BCUT2D eigenvalue weighted by molar-refractivity contribution is 5.92. The first-order chi connectivity index (χ1) is 11.0. The molecule has 138 valence electrons. The monoisotopic (exact) mass is 345 g/mol. The lowest BCUT2D eigenvalue weighted by Crippen LogP contribution is -2.56. The van der Waals surface area contributed by atoms with Gasteiger partial charge in [0.1, 0.15) is 12.1 Å². The van der Waals surface area contributed by atoms with Gasteiger partial charge in [-0.1, -0.05) is 27.7 Å². The predicted molar refractivity (Wildman–Crippen MR) is 86.0 cm³/mol. The van der Waals surface area contributed by atoms with E-state index < -0.39 is 41.9 Å². The zero-order valence-electron chi connectivity index (χ0n) is 14.4. The lowest BCUT2D eigenvalue weighted by Gasteiger charge is -2.24. The highest BCUT2D eigenvalue weighted by atomic mass is 16.4. The molecule has 0 bridgehead atoms. The van der Waals surface area contributed by atoms with Crippen molar-refractivity contribution in [3.8, 4) is 0 Å². The third-order valence-corrected chi connectivity index (χ3v) is 3.53. The van der Waals surface area contributed by atoms with Crippen LogP contribution in [0.5, 0.6) is 0 Å². The Balaban J connectivity index is 5.10. The second kappa shape index (κ2) is 9.86. The molecule has 0 heterocycles. The molecule has 0 aromatic heterocycles. The quantitative estimate of drug-likeness (QED) is 0.358. The van der Waals surface area contributed by atoms with Crippen molar-refractivity contribution < 1.29 is 29.4 Å². The van der Waals surface area contributed by atoms with Gasteiger partial charge in [-0.25, -0.2) is 4.79 Å². The fourth-order valence-corrected chi connectivity index (χ4v) is 1.87. The minimum absolute atomic E-state index is 0.165. The van der Waals surface area contributed by atoms with Gasteiger partial charge in [0.2, 0.25) is 11.8 Å². The van der Waals surface area contributed by atoms with Gasteiger partial charge in [0.15, 0.2) is 0 Å². The fraction of sp³-hybridized carbons (Fsp3) is 0.733. The molecular weight excluding hydrogens is 318 g/mol. The first-order valence-electron chi connectivity index (χ1n) is 7.78. The van der Waals surface area contributed by atoms with Gasteiger partial charge < -0.3 is 26.6 Å². The highest BCUT2D eigenvalue weighted by Gasteiger charge is 2.30. The van der Waals surface area contributed by atoms with Crippen LogP contribution in [0.2, 0.25) is 0 Å². The van der Waals surface area contributed by atoms with E-state index in [1.54, 1.807) is 27.7 Å². The molecule has 0 aliphatic rings. The summed E-state index contributed by atoms with van der Waals surface area (Å²) in [6.45, 7) is 6.71. The second-order valence-corrected chi connectivity index (χ2v) is 6.33. The Labute approximate surface area is 141 Å². The number of amides is 2. The van der Waals surface area contributed by atoms with E-state index in [1.807, 2.05) is 0 Å². The second-order valence-electron chi connectivity index (χ2n) is 6.33. The van der Waals surface area contributed by atoms with Gasteiger partial charge in [-0.2, -0.15) is 0 Å². The minimum atomic E-state index is -1.21. The van der Waals surface area contributed by atoms with E-state index in [4.69, 9.17) is 15.9 Å². The lowest BCUT2D eigenvalue weighted by molar-refractivity contribution is -0.144. The summed E-state index contributed by atoms with van der Waals surface area (Å²) < 4.78 is 0. The van der Waals surface area contributed by atoms with Crippen molar-refractivity contribution in [2.24, 2.45) is 17.6 Å². The largest absolute Gasteiger partial charge is 0.481 e. The Morgan fingerprint density at radius 1 is 0.917 bits per heavy atom.